The van der Waals surface area contributed by atoms with Gasteiger partial charge in [-0.05, 0) is 99.0 Å². The first-order valence-corrected chi connectivity index (χ1v) is 21.3. The fourth-order valence-corrected chi connectivity index (χ4v) is 8.67. The molecule has 2 saturated heterocycles. The minimum Gasteiger partial charge on any atom is -0.453 e. The summed E-state index contributed by atoms with van der Waals surface area (Å²) in [5.74, 6) is -1.17. The Morgan fingerprint density at radius 2 is 1.88 bits per heavy atom. The van der Waals surface area contributed by atoms with E-state index in [-0.39, 0.29) is 57.7 Å². The lowest BCUT2D eigenvalue weighted by atomic mass is 9.85. The van der Waals surface area contributed by atoms with Crippen LogP contribution in [0.15, 0.2) is 65.7 Å². The molecule has 1 aromatic heterocycles. The minimum atomic E-state index is -0.654. The van der Waals surface area contributed by atoms with Crippen LogP contribution in [0.5, 0.6) is 11.5 Å². The molecular formula is C44H53F2N7O5S. The van der Waals surface area contributed by atoms with Crippen LogP contribution in [-0.2, 0) is 14.3 Å². The summed E-state index contributed by atoms with van der Waals surface area (Å²) >= 11 is 1.42. The number of anilines is 2. The Kier molecular flexibility index (Phi) is 15.0. The van der Waals surface area contributed by atoms with Gasteiger partial charge in [-0.3, -0.25) is 14.2 Å². The maximum atomic E-state index is 14.9. The molecule has 314 valence electrons. The molecular weight excluding hydrogens is 777 g/mol. The summed E-state index contributed by atoms with van der Waals surface area (Å²) in [5, 5.41) is 15.8. The van der Waals surface area contributed by atoms with E-state index in [1.807, 2.05) is 13.8 Å². The number of nitriles is 1. The van der Waals surface area contributed by atoms with Gasteiger partial charge in [0.15, 0.2) is 11.6 Å². The van der Waals surface area contributed by atoms with Crippen molar-refractivity contribution in [3.8, 4) is 17.6 Å². The summed E-state index contributed by atoms with van der Waals surface area (Å²) in [6.07, 6.45) is 12.5. The number of aldehydes is 1. The molecule has 1 amide bonds. The molecule has 59 heavy (non-hydrogen) atoms. The number of likely N-dealkylation sites (tertiary alicyclic amines) is 1. The SMILES string of the molecule is CC(C)SNc1ccc(F)c(Oc2ccc3ncn(C4COC5(CCN(C6CCCCC6)CC5)C4)c(=O)c3c2)c1C#N.CNC(=O)C(CCC=O)Nc1cccc(F)c1. The number of nitrogens with zero attached hydrogens (tertiary/aromatic N) is 4. The van der Waals surface area contributed by atoms with E-state index in [1.54, 1.807) is 41.2 Å². The van der Waals surface area contributed by atoms with Gasteiger partial charge in [-0.2, -0.15) is 5.26 Å². The maximum Gasteiger partial charge on any atom is 0.261 e. The van der Waals surface area contributed by atoms with Crippen molar-refractivity contribution in [3.63, 3.8) is 0 Å². The molecule has 2 aliphatic heterocycles. The van der Waals surface area contributed by atoms with Crippen molar-refractivity contribution in [2.24, 2.45) is 0 Å². The van der Waals surface area contributed by atoms with Crippen molar-refractivity contribution in [2.75, 3.05) is 36.8 Å². The van der Waals surface area contributed by atoms with Crippen LogP contribution in [0.3, 0.4) is 0 Å². The average Bonchev–Trinajstić information content (AvgIpc) is 3.65. The summed E-state index contributed by atoms with van der Waals surface area (Å²) in [7, 11) is 1.52. The molecule has 2 unspecified atom stereocenters. The van der Waals surface area contributed by atoms with Crippen LogP contribution in [0.2, 0.25) is 0 Å². The van der Waals surface area contributed by atoms with E-state index < -0.39 is 11.9 Å². The fraction of sp³-hybridized carbons (Fsp3) is 0.477. The van der Waals surface area contributed by atoms with E-state index in [0.29, 0.717) is 41.3 Å². The summed E-state index contributed by atoms with van der Waals surface area (Å²) in [5.41, 5.74) is 1.22. The van der Waals surface area contributed by atoms with Crippen molar-refractivity contribution in [1.29, 1.82) is 5.26 Å². The van der Waals surface area contributed by atoms with Gasteiger partial charge in [0.1, 0.15) is 35.5 Å². The number of ether oxygens (including phenoxy) is 2. The number of amides is 1. The van der Waals surface area contributed by atoms with E-state index in [4.69, 9.17) is 9.47 Å². The van der Waals surface area contributed by atoms with E-state index in [1.165, 1.54) is 75.4 Å². The number of halogens is 2. The first-order valence-electron chi connectivity index (χ1n) is 20.4. The summed E-state index contributed by atoms with van der Waals surface area (Å²) in [6.45, 7) is 6.61. The molecule has 3 N–H and O–H groups in total. The molecule has 3 heterocycles. The lowest BCUT2D eigenvalue weighted by Crippen LogP contribution is -2.48. The lowest BCUT2D eigenvalue weighted by Gasteiger charge is -2.43. The van der Waals surface area contributed by atoms with Crippen molar-refractivity contribution in [3.05, 3.63) is 88.5 Å². The largest absolute Gasteiger partial charge is 0.453 e. The Balaban J connectivity index is 0.000000290. The normalized spacial score (nSPS) is 18.4. The Hall–Kier alpha value is -5.04. The molecule has 1 saturated carbocycles. The number of benzene rings is 3. The number of hydrogen-bond acceptors (Lipinski definition) is 11. The summed E-state index contributed by atoms with van der Waals surface area (Å²) < 4.78 is 44.9. The zero-order chi connectivity index (χ0) is 41.9. The Morgan fingerprint density at radius 1 is 1.10 bits per heavy atom. The van der Waals surface area contributed by atoms with E-state index in [9.17, 15) is 28.4 Å². The molecule has 4 aromatic rings. The highest BCUT2D eigenvalue weighted by Crippen LogP contribution is 2.42. The summed E-state index contributed by atoms with van der Waals surface area (Å²) in [4.78, 5) is 42.7. The molecule has 7 rings (SSSR count). The van der Waals surface area contributed by atoms with Gasteiger partial charge in [-0.25, -0.2) is 13.8 Å². The number of carbonyl (C=O) groups excluding carboxylic acids is 2. The van der Waals surface area contributed by atoms with Crippen LogP contribution < -0.4 is 25.7 Å². The van der Waals surface area contributed by atoms with Crippen LogP contribution in [0.1, 0.15) is 89.7 Å². The van der Waals surface area contributed by atoms with Gasteiger partial charge in [0.25, 0.3) is 5.56 Å². The molecule has 1 aliphatic carbocycles. The molecule has 0 bridgehead atoms. The van der Waals surface area contributed by atoms with Crippen molar-refractivity contribution in [2.45, 2.75) is 107 Å². The van der Waals surface area contributed by atoms with Gasteiger partial charge in [-0.15, -0.1) is 0 Å². The number of nitrogens with one attached hydrogen (secondary N) is 3. The van der Waals surface area contributed by atoms with Crippen LogP contribution in [-0.4, -0.2) is 76.3 Å². The number of hydrogen-bond donors (Lipinski definition) is 3. The van der Waals surface area contributed by atoms with Gasteiger partial charge >= 0.3 is 0 Å². The van der Waals surface area contributed by atoms with Crippen molar-refractivity contribution < 1.29 is 27.8 Å². The number of aromatic nitrogens is 2. The third-order valence-electron chi connectivity index (χ3n) is 11.3. The zero-order valence-corrected chi connectivity index (χ0v) is 34.7. The molecule has 3 aliphatic rings. The van der Waals surface area contributed by atoms with E-state index in [0.717, 1.165) is 38.6 Å². The predicted molar refractivity (Wildman–Crippen MR) is 227 cm³/mol. The summed E-state index contributed by atoms with van der Waals surface area (Å²) in [6, 6.07) is 15.7. The molecule has 3 aromatic carbocycles. The van der Waals surface area contributed by atoms with Gasteiger partial charge in [-0.1, -0.05) is 39.2 Å². The standard InChI is InChI=1S/C32H38FN5O3S.C12H15FN2O2/c1-21(2)42-36-29-11-9-27(33)30(26(29)18-34)41-24-8-10-28-25(16-24)31(39)38(20-35-28)23-17-32(40-19-23)12-14-37(15-13-32)22-6-4-3-5-7-22;1-14-12(17)11(6-3-7-16)15-10-5-2-4-9(13)8-10/h8-11,16,20-23,36H,3-7,12-15,17,19H2,1-2H3;2,4-5,7-8,11,15H,3,6H2,1H3,(H,14,17). The number of likely N-dealkylation sites (N-methyl/N-ethyl adjacent to an activating group) is 1. The number of rotatable bonds is 13. The average molecular weight is 830 g/mol. The monoisotopic (exact) mass is 829 g/mol. The highest BCUT2D eigenvalue weighted by atomic mass is 32.2. The molecule has 2 atom stereocenters. The van der Waals surface area contributed by atoms with Crippen molar-refractivity contribution >= 4 is 46.4 Å². The van der Waals surface area contributed by atoms with Crippen LogP contribution in [0.4, 0.5) is 20.2 Å². The predicted octanol–water partition coefficient (Wildman–Crippen LogP) is 8.13. The zero-order valence-electron chi connectivity index (χ0n) is 33.8. The number of carbonyl (C=O) groups is 2. The third-order valence-corrected chi connectivity index (χ3v) is 12.1. The molecule has 12 nitrogen and oxygen atoms in total. The fourth-order valence-electron chi connectivity index (χ4n) is 8.14. The Bertz CT molecular complexity index is 2180. The second-order valence-electron chi connectivity index (χ2n) is 15.7. The second kappa shape index (κ2) is 20.3. The smallest absolute Gasteiger partial charge is 0.261 e. The maximum absolute atomic E-state index is 14.9. The van der Waals surface area contributed by atoms with Crippen LogP contribution >= 0.6 is 11.9 Å². The topological polar surface area (TPSA) is 151 Å². The van der Waals surface area contributed by atoms with E-state index in [2.05, 4.69) is 31.3 Å². The number of piperidine rings is 1. The third kappa shape index (κ3) is 11.0. The highest BCUT2D eigenvalue weighted by molar-refractivity contribution is 8.01. The second-order valence-corrected chi connectivity index (χ2v) is 17.0. The van der Waals surface area contributed by atoms with Gasteiger partial charge in [0.05, 0.1) is 41.2 Å². The Labute approximate surface area is 348 Å². The first kappa shape index (κ1) is 43.5. The van der Waals surface area contributed by atoms with Gasteiger partial charge < -0.3 is 34.5 Å². The molecule has 1 spiro atoms. The van der Waals surface area contributed by atoms with Gasteiger partial charge in [0, 0.05) is 43.5 Å². The van der Waals surface area contributed by atoms with Crippen LogP contribution in [0.25, 0.3) is 10.9 Å². The quantitative estimate of drug-likeness (QED) is 0.0886. The van der Waals surface area contributed by atoms with Crippen molar-refractivity contribution in [1.82, 2.24) is 19.8 Å². The minimum absolute atomic E-state index is 0.0646. The molecule has 0 radical (unpaired) electrons. The molecule has 15 heteroatoms. The van der Waals surface area contributed by atoms with Crippen LogP contribution in [0, 0.1) is 23.0 Å². The first-order chi connectivity index (χ1) is 28.5. The Morgan fingerprint density at radius 3 is 2.58 bits per heavy atom. The lowest BCUT2D eigenvalue weighted by molar-refractivity contribution is -0.121. The highest BCUT2D eigenvalue weighted by Gasteiger charge is 2.44. The number of fused-ring (bicyclic) bond motifs is 1. The van der Waals surface area contributed by atoms with Gasteiger partial charge in [0.2, 0.25) is 5.91 Å². The van der Waals surface area contributed by atoms with E-state index >= 15 is 0 Å². The molecule has 3 fully saturated rings.